The Balaban J connectivity index is 2.09. The largest absolute Gasteiger partial charge is 0.253 e. The number of hydrogen-bond acceptors (Lipinski definition) is 4. The van der Waals surface area contributed by atoms with E-state index in [0.29, 0.717) is 17.5 Å². The van der Waals surface area contributed by atoms with Crippen LogP contribution in [0.1, 0.15) is 5.82 Å². The Kier molecular flexibility index (Phi) is 3.52. The van der Waals surface area contributed by atoms with Gasteiger partial charge in [0.05, 0.1) is 0 Å². The van der Waals surface area contributed by atoms with E-state index < -0.39 is 0 Å². The van der Waals surface area contributed by atoms with Crippen LogP contribution in [0.2, 0.25) is 0 Å². The van der Waals surface area contributed by atoms with Gasteiger partial charge in [0, 0.05) is 16.2 Å². The number of halogens is 1. The van der Waals surface area contributed by atoms with Crippen LogP contribution in [0.3, 0.4) is 0 Å². The van der Waals surface area contributed by atoms with Crippen LogP contribution in [-0.2, 0) is 0 Å². The summed E-state index contributed by atoms with van der Waals surface area (Å²) in [6.07, 6.45) is 1.73. The second-order valence-electron chi connectivity index (χ2n) is 4.25. The van der Waals surface area contributed by atoms with Crippen LogP contribution in [0.15, 0.2) is 53.1 Å². The van der Waals surface area contributed by atoms with E-state index in [1.54, 1.807) is 6.20 Å². The highest BCUT2D eigenvalue weighted by Crippen LogP contribution is 2.20. The first-order chi connectivity index (χ1) is 9.72. The summed E-state index contributed by atoms with van der Waals surface area (Å²) >= 11 is 3.42. The van der Waals surface area contributed by atoms with Crippen LogP contribution in [0, 0.1) is 6.92 Å². The molecule has 0 aliphatic rings. The van der Waals surface area contributed by atoms with Crippen LogP contribution < -0.4 is 0 Å². The van der Waals surface area contributed by atoms with Crippen LogP contribution in [0.4, 0.5) is 0 Å². The van der Waals surface area contributed by atoms with E-state index in [1.165, 1.54) is 0 Å². The van der Waals surface area contributed by atoms with Crippen molar-refractivity contribution >= 4 is 15.9 Å². The lowest BCUT2D eigenvalue weighted by Gasteiger charge is -2.05. The molecule has 0 atom stereocenters. The molecule has 98 valence electrons. The molecule has 0 saturated carbocycles. The van der Waals surface area contributed by atoms with Gasteiger partial charge in [0.25, 0.3) is 0 Å². The monoisotopic (exact) mass is 326 g/mol. The van der Waals surface area contributed by atoms with Gasteiger partial charge < -0.3 is 0 Å². The number of hydrogen-bond donors (Lipinski definition) is 0. The summed E-state index contributed by atoms with van der Waals surface area (Å²) < 4.78 is 1.02. The molecule has 1 aromatic carbocycles. The van der Waals surface area contributed by atoms with Crippen LogP contribution in [0.25, 0.3) is 22.9 Å². The normalized spacial score (nSPS) is 10.5. The van der Waals surface area contributed by atoms with Crippen molar-refractivity contribution in [1.82, 2.24) is 19.9 Å². The van der Waals surface area contributed by atoms with E-state index in [9.17, 15) is 0 Å². The van der Waals surface area contributed by atoms with Crippen molar-refractivity contribution < 1.29 is 0 Å². The second-order valence-corrected chi connectivity index (χ2v) is 5.17. The predicted molar refractivity (Wildman–Crippen MR) is 80.9 cm³/mol. The molecule has 0 radical (unpaired) electrons. The molecule has 3 rings (SSSR count). The van der Waals surface area contributed by atoms with Gasteiger partial charge in [0.1, 0.15) is 11.5 Å². The number of rotatable bonds is 2. The third-order valence-corrected chi connectivity index (χ3v) is 3.27. The molecule has 0 aliphatic carbocycles. The zero-order valence-corrected chi connectivity index (χ0v) is 12.4. The van der Waals surface area contributed by atoms with Crippen molar-refractivity contribution in [1.29, 1.82) is 0 Å². The van der Waals surface area contributed by atoms with Crippen LogP contribution in [-0.4, -0.2) is 19.9 Å². The van der Waals surface area contributed by atoms with E-state index in [4.69, 9.17) is 0 Å². The molecule has 20 heavy (non-hydrogen) atoms. The third-order valence-electron chi connectivity index (χ3n) is 2.74. The van der Waals surface area contributed by atoms with E-state index >= 15 is 0 Å². The minimum Gasteiger partial charge on any atom is -0.253 e. The fourth-order valence-electron chi connectivity index (χ4n) is 1.82. The van der Waals surface area contributed by atoms with Crippen molar-refractivity contribution in [2.75, 3.05) is 0 Å². The lowest BCUT2D eigenvalue weighted by molar-refractivity contribution is 0.983. The molecule has 5 heteroatoms. The number of nitrogens with zero attached hydrogens (tertiary/aromatic N) is 4. The van der Waals surface area contributed by atoms with E-state index in [-0.39, 0.29) is 0 Å². The maximum absolute atomic E-state index is 4.50. The quantitative estimate of drug-likeness (QED) is 0.721. The molecule has 0 N–H and O–H groups in total. The molecule has 2 aromatic heterocycles. The molecule has 0 aliphatic heterocycles. The molecule has 0 amide bonds. The molecule has 0 spiro atoms. The van der Waals surface area contributed by atoms with E-state index in [0.717, 1.165) is 15.7 Å². The number of aromatic nitrogens is 4. The molecular weight excluding hydrogens is 316 g/mol. The smallest absolute Gasteiger partial charge is 0.182 e. The summed E-state index contributed by atoms with van der Waals surface area (Å²) in [4.78, 5) is 17.5. The van der Waals surface area contributed by atoms with Gasteiger partial charge in [-0.2, -0.15) is 0 Å². The summed E-state index contributed by atoms with van der Waals surface area (Å²) in [6.45, 7) is 1.86. The molecule has 0 unspecified atom stereocenters. The van der Waals surface area contributed by atoms with Gasteiger partial charge in [-0.15, -0.1) is 0 Å². The van der Waals surface area contributed by atoms with Gasteiger partial charge in [0.2, 0.25) is 0 Å². The standard InChI is InChI=1S/C15H11BrN4/c1-10-18-14(11-5-7-12(16)8-6-11)20-15(19-10)13-4-2-3-9-17-13/h2-9H,1H3. The van der Waals surface area contributed by atoms with Gasteiger partial charge in [-0.25, -0.2) is 15.0 Å². The molecule has 0 fully saturated rings. The van der Waals surface area contributed by atoms with Gasteiger partial charge in [-0.3, -0.25) is 4.98 Å². The zero-order valence-electron chi connectivity index (χ0n) is 10.8. The predicted octanol–water partition coefficient (Wildman–Crippen LogP) is 3.67. The number of pyridine rings is 1. The fourth-order valence-corrected chi connectivity index (χ4v) is 2.08. The summed E-state index contributed by atoms with van der Waals surface area (Å²) in [5.74, 6) is 1.93. The topological polar surface area (TPSA) is 51.6 Å². The molecule has 3 aromatic rings. The third kappa shape index (κ3) is 2.72. The number of benzene rings is 1. The average molecular weight is 327 g/mol. The SMILES string of the molecule is Cc1nc(-c2ccc(Br)cc2)nc(-c2ccccn2)n1. The molecular formula is C15H11BrN4. The highest BCUT2D eigenvalue weighted by atomic mass is 79.9. The second kappa shape index (κ2) is 5.46. The summed E-state index contributed by atoms with van der Waals surface area (Å²) in [5.41, 5.74) is 1.70. The van der Waals surface area contributed by atoms with Crippen molar-refractivity contribution in [2.45, 2.75) is 6.92 Å². The summed E-state index contributed by atoms with van der Waals surface area (Å²) in [5, 5.41) is 0. The Labute approximate surface area is 125 Å². The molecule has 2 heterocycles. The van der Waals surface area contributed by atoms with E-state index in [1.807, 2.05) is 49.4 Å². The van der Waals surface area contributed by atoms with Crippen molar-refractivity contribution in [3.05, 3.63) is 59.0 Å². The Hall–Kier alpha value is -2.14. The first kappa shape index (κ1) is 12.9. The lowest BCUT2D eigenvalue weighted by atomic mass is 10.2. The summed E-state index contributed by atoms with van der Waals surface area (Å²) in [6, 6.07) is 13.6. The van der Waals surface area contributed by atoms with Crippen molar-refractivity contribution in [3.8, 4) is 22.9 Å². The van der Waals surface area contributed by atoms with Gasteiger partial charge in [-0.05, 0) is 31.2 Å². The number of aryl methyl sites for hydroxylation is 1. The highest BCUT2D eigenvalue weighted by Gasteiger charge is 2.08. The maximum Gasteiger partial charge on any atom is 0.182 e. The van der Waals surface area contributed by atoms with Crippen LogP contribution in [0.5, 0.6) is 0 Å². The van der Waals surface area contributed by atoms with Gasteiger partial charge >= 0.3 is 0 Å². The molecule has 0 saturated heterocycles. The van der Waals surface area contributed by atoms with Gasteiger partial charge in [0.15, 0.2) is 11.6 Å². The van der Waals surface area contributed by atoms with Gasteiger partial charge in [-0.1, -0.05) is 34.1 Å². The maximum atomic E-state index is 4.50. The summed E-state index contributed by atoms with van der Waals surface area (Å²) in [7, 11) is 0. The van der Waals surface area contributed by atoms with Crippen LogP contribution >= 0.6 is 15.9 Å². The average Bonchev–Trinajstić information content (AvgIpc) is 2.48. The van der Waals surface area contributed by atoms with E-state index in [2.05, 4.69) is 35.9 Å². The lowest BCUT2D eigenvalue weighted by Crippen LogP contribution is -2.00. The Morgan fingerprint density at radius 3 is 2.30 bits per heavy atom. The Morgan fingerprint density at radius 1 is 0.850 bits per heavy atom. The zero-order chi connectivity index (χ0) is 13.9. The first-order valence-electron chi connectivity index (χ1n) is 6.12. The fraction of sp³-hybridized carbons (Fsp3) is 0.0667. The first-order valence-corrected chi connectivity index (χ1v) is 6.92. The molecule has 4 nitrogen and oxygen atoms in total. The van der Waals surface area contributed by atoms with Crippen molar-refractivity contribution in [3.63, 3.8) is 0 Å². The Bertz CT molecular complexity index is 727. The molecule has 0 bridgehead atoms. The van der Waals surface area contributed by atoms with Crippen molar-refractivity contribution in [2.24, 2.45) is 0 Å². The highest BCUT2D eigenvalue weighted by molar-refractivity contribution is 9.10. The minimum absolute atomic E-state index is 0.594. The minimum atomic E-state index is 0.594. The Morgan fingerprint density at radius 2 is 1.60 bits per heavy atom.